The Morgan fingerprint density at radius 2 is 2.18 bits per heavy atom. The highest BCUT2D eigenvalue weighted by molar-refractivity contribution is 7.89. The Morgan fingerprint density at radius 1 is 1.53 bits per heavy atom. The maximum Gasteiger partial charge on any atom is 0.244 e. The van der Waals surface area contributed by atoms with Gasteiger partial charge in [0.2, 0.25) is 10.0 Å². The lowest BCUT2D eigenvalue weighted by atomic mass is 10.3. The topological polar surface area (TPSA) is 75.6 Å². The van der Waals surface area contributed by atoms with Crippen molar-refractivity contribution in [2.24, 2.45) is 0 Å². The second kappa shape index (κ2) is 5.68. The number of halogens is 1. The molecule has 17 heavy (non-hydrogen) atoms. The number of methoxy groups -OCH3 is 1. The van der Waals surface area contributed by atoms with Crippen LogP contribution in [0.15, 0.2) is 23.1 Å². The monoisotopic (exact) mass is 279 g/mol. The van der Waals surface area contributed by atoms with E-state index in [0.717, 1.165) is 0 Å². The summed E-state index contributed by atoms with van der Waals surface area (Å²) in [5, 5.41) is 9.44. The molecule has 96 valence electrons. The quantitative estimate of drug-likeness (QED) is 0.843. The van der Waals surface area contributed by atoms with Crippen molar-refractivity contribution in [1.29, 1.82) is 0 Å². The van der Waals surface area contributed by atoms with Gasteiger partial charge in [-0.15, -0.1) is 0 Å². The third-order valence-corrected chi connectivity index (χ3v) is 3.68. The molecule has 0 spiro atoms. The highest BCUT2D eigenvalue weighted by Crippen LogP contribution is 2.26. The first-order chi connectivity index (χ1) is 7.86. The smallest absolute Gasteiger partial charge is 0.244 e. The van der Waals surface area contributed by atoms with Crippen molar-refractivity contribution >= 4 is 21.6 Å². The first-order valence-corrected chi connectivity index (χ1v) is 6.74. The molecule has 0 unspecified atom stereocenters. The third-order valence-electron chi connectivity index (χ3n) is 1.98. The van der Waals surface area contributed by atoms with E-state index in [1.165, 1.54) is 32.2 Å². The van der Waals surface area contributed by atoms with Crippen LogP contribution in [0, 0.1) is 0 Å². The number of hydrogen-bond donors (Lipinski definition) is 2. The molecule has 0 bridgehead atoms. The van der Waals surface area contributed by atoms with Gasteiger partial charge in [-0.05, 0) is 19.1 Å². The van der Waals surface area contributed by atoms with Crippen LogP contribution < -0.4 is 9.46 Å². The van der Waals surface area contributed by atoms with Crippen molar-refractivity contribution in [2.45, 2.75) is 17.9 Å². The maximum absolute atomic E-state index is 11.9. The summed E-state index contributed by atoms with van der Waals surface area (Å²) in [7, 11) is -2.35. The molecule has 0 aliphatic heterocycles. The molecule has 0 saturated carbocycles. The summed E-state index contributed by atoms with van der Waals surface area (Å²) in [6.45, 7) is 1.43. The van der Waals surface area contributed by atoms with E-state index in [9.17, 15) is 8.42 Å². The minimum Gasteiger partial charge on any atom is -0.495 e. The van der Waals surface area contributed by atoms with Gasteiger partial charge in [0.05, 0.1) is 13.2 Å². The molecular weight excluding hydrogens is 266 g/mol. The van der Waals surface area contributed by atoms with Crippen molar-refractivity contribution in [1.82, 2.24) is 4.72 Å². The molecule has 0 saturated heterocycles. The number of benzene rings is 1. The summed E-state index contributed by atoms with van der Waals surface area (Å²) < 4.78 is 31.0. The average Bonchev–Trinajstić information content (AvgIpc) is 2.26. The number of aliphatic hydroxyl groups is 1. The predicted molar refractivity (Wildman–Crippen MR) is 64.9 cm³/mol. The molecule has 0 heterocycles. The lowest BCUT2D eigenvalue weighted by Crippen LogP contribution is -2.30. The number of sulfonamides is 1. The van der Waals surface area contributed by atoms with Gasteiger partial charge in [-0.1, -0.05) is 11.6 Å². The van der Waals surface area contributed by atoms with Gasteiger partial charge in [-0.2, -0.15) is 0 Å². The third kappa shape index (κ3) is 3.85. The van der Waals surface area contributed by atoms with Gasteiger partial charge in [0.1, 0.15) is 10.6 Å². The van der Waals surface area contributed by atoms with Crippen LogP contribution in [0.2, 0.25) is 5.02 Å². The fraction of sp³-hybridized carbons (Fsp3) is 0.400. The van der Waals surface area contributed by atoms with Gasteiger partial charge in [0.25, 0.3) is 0 Å². The number of ether oxygens (including phenoxy) is 1. The molecule has 2 N–H and O–H groups in total. The Labute approximate surface area is 105 Å². The zero-order chi connectivity index (χ0) is 13.1. The first-order valence-electron chi connectivity index (χ1n) is 4.88. The van der Waals surface area contributed by atoms with E-state index in [-0.39, 0.29) is 17.2 Å². The minimum atomic E-state index is -3.71. The molecule has 0 aromatic heterocycles. The fourth-order valence-electron chi connectivity index (χ4n) is 1.17. The molecule has 1 aromatic rings. The molecule has 0 amide bonds. The largest absolute Gasteiger partial charge is 0.495 e. The van der Waals surface area contributed by atoms with Crippen molar-refractivity contribution in [3.05, 3.63) is 23.2 Å². The van der Waals surface area contributed by atoms with E-state index in [0.29, 0.717) is 5.02 Å². The molecule has 7 heteroatoms. The Hall–Kier alpha value is -0.820. The Kier molecular flexibility index (Phi) is 4.76. The SMILES string of the molecule is COc1cc(Cl)ccc1S(=O)(=O)NC[C@H](C)O. The van der Waals surface area contributed by atoms with Gasteiger partial charge in [-0.25, -0.2) is 13.1 Å². The second-order valence-electron chi connectivity index (χ2n) is 3.50. The summed E-state index contributed by atoms with van der Waals surface area (Å²) in [6.07, 6.45) is -0.761. The van der Waals surface area contributed by atoms with Crippen LogP contribution in [0.3, 0.4) is 0 Å². The molecule has 1 aromatic carbocycles. The van der Waals surface area contributed by atoms with E-state index in [1.807, 2.05) is 0 Å². The zero-order valence-electron chi connectivity index (χ0n) is 9.47. The first kappa shape index (κ1) is 14.2. The van der Waals surface area contributed by atoms with E-state index in [1.54, 1.807) is 0 Å². The van der Waals surface area contributed by atoms with Crippen molar-refractivity contribution in [3.63, 3.8) is 0 Å². The molecule has 0 radical (unpaired) electrons. The summed E-state index contributed by atoms with van der Waals surface area (Å²) in [4.78, 5) is -0.00921. The van der Waals surface area contributed by atoms with Gasteiger partial charge in [-0.3, -0.25) is 0 Å². The van der Waals surface area contributed by atoms with Crippen LogP contribution in [0.1, 0.15) is 6.92 Å². The lowest BCUT2D eigenvalue weighted by molar-refractivity contribution is 0.198. The minimum absolute atomic E-state index is 0.00921. The van der Waals surface area contributed by atoms with Crippen LogP contribution >= 0.6 is 11.6 Å². The Balaban J connectivity index is 3.06. The molecule has 5 nitrogen and oxygen atoms in total. The molecular formula is C10H14ClNO4S. The molecule has 0 aliphatic carbocycles. The number of hydrogen-bond acceptors (Lipinski definition) is 4. The van der Waals surface area contributed by atoms with Crippen molar-refractivity contribution in [2.75, 3.05) is 13.7 Å². The molecule has 0 aliphatic rings. The average molecular weight is 280 g/mol. The normalized spacial score (nSPS) is 13.4. The van der Waals surface area contributed by atoms with E-state index in [2.05, 4.69) is 4.72 Å². The summed E-state index contributed by atoms with van der Waals surface area (Å²) in [5.74, 6) is 0.163. The van der Waals surface area contributed by atoms with Gasteiger partial charge < -0.3 is 9.84 Å². The van der Waals surface area contributed by atoms with Crippen LogP contribution in [0.25, 0.3) is 0 Å². The van der Waals surface area contributed by atoms with E-state index >= 15 is 0 Å². The summed E-state index contributed by atoms with van der Waals surface area (Å²) in [5.41, 5.74) is 0. The molecule has 1 atom stereocenters. The predicted octanol–water partition coefficient (Wildman–Crippen LogP) is 1.01. The van der Waals surface area contributed by atoms with E-state index in [4.69, 9.17) is 21.4 Å². The van der Waals surface area contributed by atoms with Gasteiger partial charge in [0.15, 0.2) is 0 Å². The zero-order valence-corrected chi connectivity index (χ0v) is 11.0. The number of aliphatic hydroxyl groups excluding tert-OH is 1. The standard InChI is InChI=1S/C10H14ClNO4S/c1-7(13)6-12-17(14,15)10-4-3-8(11)5-9(10)16-2/h3-5,7,12-13H,6H2,1-2H3/t7-/m0/s1. The second-order valence-corrected chi connectivity index (χ2v) is 5.67. The van der Waals surface area contributed by atoms with E-state index < -0.39 is 16.1 Å². The lowest BCUT2D eigenvalue weighted by Gasteiger charge is -2.11. The van der Waals surface area contributed by atoms with Crippen LogP contribution in [0.4, 0.5) is 0 Å². The summed E-state index contributed by atoms with van der Waals surface area (Å²) >= 11 is 5.74. The number of rotatable bonds is 5. The van der Waals surface area contributed by atoms with Crippen LogP contribution in [-0.2, 0) is 10.0 Å². The van der Waals surface area contributed by atoms with Gasteiger partial charge in [0, 0.05) is 17.6 Å². The molecule has 1 rings (SSSR count). The fourth-order valence-corrected chi connectivity index (χ4v) is 2.60. The number of nitrogens with one attached hydrogen (secondary N) is 1. The highest BCUT2D eigenvalue weighted by atomic mass is 35.5. The maximum atomic E-state index is 11.9. The van der Waals surface area contributed by atoms with Crippen LogP contribution in [-0.4, -0.2) is 33.3 Å². The Morgan fingerprint density at radius 3 is 2.71 bits per heavy atom. The van der Waals surface area contributed by atoms with Crippen LogP contribution in [0.5, 0.6) is 5.75 Å². The summed E-state index contributed by atoms with van der Waals surface area (Å²) in [6, 6.07) is 4.23. The molecule has 0 fully saturated rings. The van der Waals surface area contributed by atoms with Crippen molar-refractivity contribution < 1.29 is 18.3 Å². The van der Waals surface area contributed by atoms with Crippen molar-refractivity contribution in [3.8, 4) is 5.75 Å². The highest BCUT2D eigenvalue weighted by Gasteiger charge is 2.19. The Bertz CT molecular complexity index is 487. The van der Waals surface area contributed by atoms with Gasteiger partial charge >= 0.3 is 0 Å².